The smallest absolute Gasteiger partial charge is 0.156 e. The van der Waals surface area contributed by atoms with Gasteiger partial charge < -0.3 is 9.47 Å². The Morgan fingerprint density at radius 2 is 1.60 bits per heavy atom. The van der Waals surface area contributed by atoms with E-state index in [0.29, 0.717) is 0 Å². The van der Waals surface area contributed by atoms with Gasteiger partial charge in [-0.2, -0.15) is 0 Å². The minimum atomic E-state index is -4.94. The summed E-state index contributed by atoms with van der Waals surface area (Å²) in [6.07, 6.45) is 20.1. The maximum absolute atomic E-state index is 8.49. The highest BCUT2D eigenvalue weighted by molar-refractivity contribution is 5.82. The van der Waals surface area contributed by atoms with Gasteiger partial charge in [-0.1, -0.05) is 36.9 Å². The number of hydrogen-bond acceptors (Lipinski definition) is 6. The van der Waals surface area contributed by atoms with Gasteiger partial charge in [0.25, 0.3) is 0 Å². The SMILES string of the molecule is C1=C2CCCC=C2OC2=C1CCc1ccccc12.C=C1CCCC2=C1OC1CC(=[N+](CC)CC)CCC1=C2.[O-][Cl+3]([O-])([O-])[O-]. The second kappa shape index (κ2) is 13.8. The van der Waals surface area contributed by atoms with Crippen LogP contribution in [0.25, 0.3) is 5.76 Å². The monoisotopic (exact) mass is 607 g/mol. The van der Waals surface area contributed by atoms with E-state index >= 15 is 0 Å². The predicted molar refractivity (Wildman–Crippen MR) is 156 cm³/mol. The van der Waals surface area contributed by atoms with Crippen LogP contribution in [0.15, 0.2) is 88.5 Å². The zero-order valence-corrected chi connectivity index (χ0v) is 26.0. The van der Waals surface area contributed by atoms with Crippen molar-refractivity contribution in [1.29, 1.82) is 0 Å². The van der Waals surface area contributed by atoms with Crippen LogP contribution >= 0.6 is 0 Å². The third kappa shape index (κ3) is 7.78. The predicted octanol–water partition coefficient (Wildman–Crippen LogP) is 3.60. The number of aryl methyl sites for hydroxylation is 1. The van der Waals surface area contributed by atoms with Crippen molar-refractivity contribution in [2.24, 2.45) is 0 Å². The average Bonchev–Trinajstić information content (AvgIpc) is 2.99. The Morgan fingerprint density at radius 3 is 2.37 bits per heavy atom. The van der Waals surface area contributed by atoms with Crippen molar-refractivity contribution in [1.82, 2.24) is 0 Å². The van der Waals surface area contributed by atoms with Gasteiger partial charge in [0.2, 0.25) is 0 Å². The highest BCUT2D eigenvalue weighted by atomic mass is 35.7. The summed E-state index contributed by atoms with van der Waals surface area (Å²) in [5, 5.41) is 0. The number of rotatable bonds is 2. The van der Waals surface area contributed by atoms with Crippen LogP contribution in [0, 0.1) is 10.2 Å². The first-order valence-electron chi connectivity index (χ1n) is 15.5. The fourth-order valence-corrected chi connectivity index (χ4v) is 6.87. The molecule has 0 radical (unpaired) electrons. The van der Waals surface area contributed by atoms with E-state index in [0.717, 1.165) is 68.9 Å². The molecule has 0 bridgehead atoms. The molecule has 43 heavy (non-hydrogen) atoms. The lowest BCUT2D eigenvalue weighted by molar-refractivity contribution is -2.00. The van der Waals surface area contributed by atoms with Crippen molar-refractivity contribution >= 4 is 11.5 Å². The topological polar surface area (TPSA) is 114 Å². The molecule has 6 aliphatic rings. The first-order valence-corrected chi connectivity index (χ1v) is 16.8. The normalized spacial score (nSPS) is 22.2. The molecule has 0 amide bonds. The molecule has 7 rings (SSSR count). The van der Waals surface area contributed by atoms with Crippen LogP contribution in [0.2, 0.25) is 0 Å². The molecular weight excluding hydrogens is 566 g/mol. The van der Waals surface area contributed by atoms with E-state index in [1.165, 1.54) is 71.1 Å². The van der Waals surface area contributed by atoms with Gasteiger partial charge in [0, 0.05) is 12.0 Å². The molecule has 0 N–H and O–H groups in total. The van der Waals surface area contributed by atoms with Crippen molar-refractivity contribution in [2.45, 2.75) is 90.6 Å². The summed E-state index contributed by atoms with van der Waals surface area (Å²) in [7, 11) is -4.94. The number of ether oxygens (including phenoxy) is 2. The molecule has 1 unspecified atom stereocenters. The number of nitrogens with zero attached hydrogens (tertiary/aromatic N) is 1. The van der Waals surface area contributed by atoms with Crippen molar-refractivity contribution in [3.63, 3.8) is 0 Å². The molecule has 1 saturated carbocycles. The Morgan fingerprint density at radius 1 is 0.860 bits per heavy atom. The third-order valence-corrected chi connectivity index (χ3v) is 8.98. The first-order chi connectivity index (χ1) is 20.6. The molecule has 2 aliphatic heterocycles. The molecule has 0 spiro atoms. The fourth-order valence-electron chi connectivity index (χ4n) is 6.87. The summed E-state index contributed by atoms with van der Waals surface area (Å²) in [4.78, 5) is 0. The van der Waals surface area contributed by atoms with Crippen LogP contribution in [-0.2, 0) is 15.9 Å². The maximum Gasteiger partial charge on any atom is 0.156 e. The van der Waals surface area contributed by atoms with Gasteiger partial charge >= 0.3 is 0 Å². The van der Waals surface area contributed by atoms with Crippen LogP contribution in [0.1, 0.15) is 89.2 Å². The zero-order valence-electron chi connectivity index (χ0n) is 25.3. The minimum Gasteiger partial charge on any atom is -0.485 e. The lowest BCUT2D eigenvalue weighted by Crippen LogP contribution is -2.68. The average molecular weight is 608 g/mol. The molecule has 1 aromatic rings. The van der Waals surface area contributed by atoms with Crippen molar-refractivity contribution in [3.8, 4) is 0 Å². The second-order valence-electron chi connectivity index (χ2n) is 11.7. The van der Waals surface area contributed by atoms with E-state index in [1.807, 2.05) is 0 Å². The van der Waals surface area contributed by atoms with Crippen molar-refractivity contribution < 1.29 is 42.9 Å². The van der Waals surface area contributed by atoms with Crippen LogP contribution < -0.4 is 18.6 Å². The molecular formula is C35H42ClNO6. The van der Waals surface area contributed by atoms with E-state index in [1.54, 1.807) is 5.71 Å². The molecule has 1 atom stereocenters. The van der Waals surface area contributed by atoms with E-state index in [9.17, 15) is 0 Å². The Bertz CT molecular complexity index is 1430. The summed E-state index contributed by atoms with van der Waals surface area (Å²) in [6, 6.07) is 8.63. The highest BCUT2D eigenvalue weighted by Gasteiger charge is 2.34. The first kappa shape index (κ1) is 31.5. The van der Waals surface area contributed by atoms with Crippen molar-refractivity contribution in [3.05, 3.63) is 99.6 Å². The Balaban J connectivity index is 0.000000149. The van der Waals surface area contributed by atoms with Gasteiger partial charge in [0.1, 0.15) is 36.5 Å². The lowest BCUT2D eigenvalue weighted by atomic mass is 9.83. The van der Waals surface area contributed by atoms with E-state index in [-0.39, 0.29) is 6.10 Å². The number of halogens is 1. The quantitative estimate of drug-likeness (QED) is 0.475. The number of hydrogen-bond donors (Lipinski definition) is 0. The van der Waals surface area contributed by atoms with E-state index in [2.05, 4.69) is 67.5 Å². The molecule has 230 valence electrons. The largest absolute Gasteiger partial charge is 0.485 e. The molecule has 1 fully saturated rings. The number of fused-ring (bicyclic) bond motifs is 4. The molecule has 1 aromatic carbocycles. The molecule has 0 saturated heterocycles. The molecule has 0 aromatic heterocycles. The van der Waals surface area contributed by atoms with Crippen LogP contribution in [0.3, 0.4) is 0 Å². The minimum absolute atomic E-state index is 0.271. The van der Waals surface area contributed by atoms with Gasteiger partial charge in [-0.05, 0) is 117 Å². The molecule has 2 heterocycles. The summed E-state index contributed by atoms with van der Waals surface area (Å²) in [6.45, 7) is 10.9. The Labute approximate surface area is 257 Å². The van der Waals surface area contributed by atoms with Crippen molar-refractivity contribution in [2.75, 3.05) is 13.1 Å². The fraction of sp³-hybridized carbons (Fsp3) is 0.457. The second-order valence-corrected chi connectivity index (χ2v) is 12.5. The molecule has 8 heteroatoms. The maximum atomic E-state index is 8.49. The highest BCUT2D eigenvalue weighted by Crippen LogP contribution is 2.42. The lowest BCUT2D eigenvalue weighted by Gasteiger charge is -2.34. The van der Waals surface area contributed by atoms with Gasteiger partial charge in [-0.25, -0.2) is 23.2 Å². The van der Waals surface area contributed by atoms with Crippen LogP contribution in [0.5, 0.6) is 0 Å². The zero-order chi connectivity index (χ0) is 30.6. The summed E-state index contributed by atoms with van der Waals surface area (Å²) in [5.41, 5.74) is 11.2. The van der Waals surface area contributed by atoms with E-state index < -0.39 is 10.2 Å². The van der Waals surface area contributed by atoms with Gasteiger partial charge in [0.15, 0.2) is 5.71 Å². The van der Waals surface area contributed by atoms with Crippen LogP contribution in [-0.4, -0.2) is 29.5 Å². The third-order valence-electron chi connectivity index (χ3n) is 8.98. The van der Waals surface area contributed by atoms with Gasteiger partial charge in [-0.15, -0.1) is 10.2 Å². The van der Waals surface area contributed by atoms with Gasteiger partial charge in [0.05, 0.1) is 6.42 Å². The standard InChI is InChI=1S/C18H26NO.C17H16O.ClHO4/c1-4-19(5-2)16-10-9-14-11-15-8-6-7-13(3)18(15)20-17(14)12-16;1-3-7-15-12(5-1)9-10-14-11-13-6-2-4-8-16(13)18-17(14)15;2-1(3,4)5/h11,17H,3-10,12H2,1-2H3;1,3,5,7-8,11H,2,4,6,9-10H2;(H,2,3,4,5)/q+1;;/p-1. The summed E-state index contributed by atoms with van der Waals surface area (Å²) in [5.74, 6) is 3.33. The number of allylic oxidation sites excluding steroid dienone is 7. The summed E-state index contributed by atoms with van der Waals surface area (Å²) >= 11 is 0. The molecule has 4 aliphatic carbocycles. The Hall–Kier alpha value is -2.94. The number of benzene rings is 1. The van der Waals surface area contributed by atoms with Crippen LogP contribution in [0.4, 0.5) is 0 Å². The summed E-state index contributed by atoms with van der Waals surface area (Å²) < 4.78 is 49.0. The van der Waals surface area contributed by atoms with Gasteiger partial charge in [-0.3, -0.25) is 0 Å². The Kier molecular flexibility index (Phi) is 10.1. The molecule has 7 nitrogen and oxygen atoms in total. The van der Waals surface area contributed by atoms with E-state index in [4.69, 9.17) is 28.1 Å².